The predicted octanol–water partition coefficient (Wildman–Crippen LogP) is 1.95. The van der Waals surface area contributed by atoms with E-state index in [1.807, 2.05) is 5.32 Å². The molecule has 0 aliphatic carbocycles. The van der Waals surface area contributed by atoms with Crippen LogP contribution >= 0.6 is 15.9 Å². The van der Waals surface area contributed by atoms with Crippen molar-refractivity contribution in [2.24, 2.45) is 0 Å². The maximum absolute atomic E-state index is 12.9. The van der Waals surface area contributed by atoms with Crippen LogP contribution in [-0.2, 0) is 0 Å². The fraction of sp³-hybridized carbons (Fsp3) is 0.300. The van der Waals surface area contributed by atoms with Crippen molar-refractivity contribution in [1.29, 1.82) is 0 Å². The van der Waals surface area contributed by atoms with Gasteiger partial charge in [-0.05, 0) is 34.1 Å². The first-order valence-corrected chi connectivity index (χ1v) is 5.37. The summed E-state index contributed by atoms with van der Waals surface area (Å²) in [7, 11) is 0. The van der Waals surface area contributed by atoms with E-state index < -0.39 is 30.8 Å². The molecule has 1 amide bonds. The lowest BCUT2D eigenvalue weighted by atomic mass is 10.2. The number of halogens is 4. The lowest BCUT2D eigenvalue weighted by Crippen LogP contribution is -2.38. The molecule has 7 heteroatoms. The fourth-order valence-electron chi connectivity index (χ4n) is 1.00. The van der Waals surface area contributed by atoms with Crippen LogP contribution in [0.15, 0.2) is 22.7 Å². The van der Waals surface area contributed by atoms with Crippen LogP contribution in [0.2, 0.25) is 0 Å². The van der Waals surface area contributed by atoms with Crippen LogP contribution in [0.4, 0.5) is 13.2 Å². The van der Waals surface area contributed by atoms with Gasteiger partial charge in [0.15, 0.2) is 0 Å². The summed E-state index contributed by atoms with van der Waals surface area (Å²) in [6.07, 6.45) is 0. The van der Waals surface area contributed by atoms with E-state index in [0.717, 1.165) is 6.07 Å². The topological polar surface area (TPSA) is 49.3 Å². The number of alkyl halides is 2. The molecule has 0 saturated carbocycles. The Labute approximate surface area is 104 Å². The van der Waals surface area contributed by atoms with Crippen molar-refractivity contribution < 1.29 is 23.1 Å². The number of amides is 1. The minimum atomic E-state index is -3.37. The van der Waals surface area contributed by atoms with Gasteiger partial charge < -0.3 is 10.4 Å². The highest BCUT2D eigenvalue weighted by molar-refractivity contribution is 9.10. The number of benzene rings is 1. The molecule has 2 N–H and O–H groups in total. The van der Waals surface area contributed by atoms with Gasteiger partial charge in [-0.1, -0.05) is 0 Å². The third-order valence-corrected chi connectivity index (χ3v) is 2.53. The second-order valence-electron chi connectivity index (χ2n) is 3.33. The van der Waals surface area contributed by atoms with Crippen molar-refractivity contribution in [2.75, 3.05) is 13.2 Å². The monoisotopic (exact) mass is 311 g/mol. The fourth-order valence-corrected chi connectivity index (χ4v) is 1.38. The summed E-state index contributed by atoms with van der Waals surface area (Å²) in [6.45, 7) is -2.32. The third-order valence-electron chi connectivity index (χ3n) is 1.92. The largest absolute Gasteiger partial charge is 0.390 e. The van der Waals surface area contributed by atoms with Crippen molar-refractivity contribution in [3.8, 4) is 0 Å². The molecule has 1 aromatic rings. The zero-order valence-corrected chi connectivity index (χ0v) is 10.1. The normalized spacial score (nSPS) is 11.4. The van der Waals surface area contributed by atoms with Gasteiger partial charge >= 0.3 is 0 Å². The van der Waals surface area contributed by atoms with Gasteiger partial charge in [0.2, 0.25) is 0 Å². The molecule has 17 heavy (non-hydrogen) atoms. The van der Waals surface area contributed by atoms with Gasteiger partial charge in [0, 0.05) is 5.56 Å². The van der Waals surface area contributed by atoms with Gasteiger partial charge in [-0.15, -0.1) is 0 Å². The minimum absolute atomic E-state index is 0.0482. The summed E-state index contributed by atoms with van der Waals surface area (Å²) in [5, 5.41) is 10.2. The third kappa shape index (κ3) is 4.01. The molecule has 0 saturated heterocycles. The van der Waals surface area contributed by atoms with Crippen LogP contribution in [0.25, 0.3) is 0 Å². The molecule has 0 fully saturated rings. The van der Waals surface area contributed by atoms with E-state index in [2.05, 4.69) is 15.9 Å². The Hall–Kier alpha value is -1.08. The first-order valence-electron chi connectivity index (χ1n) is 4.57. The number of rotatable bonds is 4. The Bertz CT molecular complexity index is 426. The van der Waals surface area contributed by atoms with Crippen LogP contribution < -0.4 is 5.32 Å². The van der Waals surface area contributed by atoms with Crippen molar-refractivity contribution in [3.05, 3.63) is 34.1 Å². The summed E-state index contributed by atoms with van der Waals surface area (Å²) < 4.78 is 38.2. The standard InChI is InChI=1S/C10H9BrF3NO2/c11-7-3-6(1-2-8(7)12)9(17)15-4-10(13,14)5-16/h1-3,16H,4-5H2,(H,15,17). The number of hydrogen-bond donors (Lipinski definition) is 2. The molecule has 0 aliphatic rings. The Morgan fingerprint density at radius 2 is 2.12 bits per heavy atom. The van der Waals surface area contributed by atoms with E-state index in [9.17, 15) is 18.0 Å². The zero-order valence-electron chi connectivity index (χ0n) is 8.51. The second kappa shape index (κ2) is 5.50. The quantitative estimate of drug-likeness (QED) is 0.893. The molecule has 1 aromatic carbocycles. The number of hydrogen-bond acceptors (Lipinski definition) is 2. The van der Waals surface area contributed by atoms with E-state index in [0.29, 0.717) is 0 Å². The Balaban J connectivity index is 2.68. The Kier molecular flexibility index (Phi) is 4.53. The van der Waals surface area contributed by atoms with E-state index in [1.165, 1.54) is 12.1 Å². The molecule has 0 heterocycles. The average molecular weight is 312 g/mol. The molecular formula is C10H9BrF3NO2. The molecule has 0 radical (unpaired) electrons. The van der Waals surface area contributed by atoms with Crippen LogP contribution in [0.5, 0.6) is 0 Å². The summed E-state index contributed by atoms with van der Waals surface area (Å²) in [5.74, 6) is -4.69. The first kappa shape index (κ1) is 14.0. The first-order chi connectivity index (χ1) is 7.85. The SMILES string of the molecule is O=C(NCC(F)(F)CO)c1ccc(F)c(Br)c1. The molecule has 1 rings (SSSR count). The lowest BCUT2D eigenvalue weighted by Gasteiger charge is -2.13. The maximum Gasteiger partial charge on any atom is 0.287 e. The van der Waals surface area contributed by atoms with Gasteiger partial charge in [-0.25, -0.2) is 13.2 Å². The summed E-state index contributed by atoms with van der Waals surface area (Å²) >= 11 is 2.88. The van der Waals surface area contributed by atoms with Crippen LogP contribution in [0, 0.1) is 5.82 Å². The molecule has 0 bridgehead atoms. The highest BCUT2D eigenvalue weighted by Crippen LogP contribution is 2.17. The summed E-state index contributed by atoms with van der Waals surface area (Å²) in [6, 6.07) is 3.40. The molecule has 0 spiro atoms. The predicted molar refractivity (Wildman–Crippen MR) is 58.5 cm³/mol. The van der Waals surface area contributed by atoms with E-state index in [1.54, 1.807) is 0 Å². The molecule has 0 atom stereocenters. The van der Waals surface area contributed by atoms with Crippen molar-refractivity contribution in [2.45, 2.75) is 5.92 Å². The molecule has 0 aliphatic heterocycles. The van der Waals surface area contributed by atoms with Crippen molar-refractivity contribution >= 4 is 21.8 Å². The Morgan fingerprint density at radius 1 is 1.47 bits per heavy atom. The summed E-state index contributed by atoms with van der Waals surface area (Å²) in [5.41, 5.74) is 0.0482. The maximum atomic E-state index is 12.9. The molecular weight excluding hydrogens is 303 g/mol. The molecule has 0 unspecified atom stereocenters. The number of nitrogens with one attached hydrogen (secondary N) is 1. The zero-order chi connectivity index (χ0) is 13.1. The number of carbonyl (C=O) groups excluding carboxylic acids is 1. The van der Waals surface area contributed by atoms with Gasteiger partial charge in [0.05, 0.1) is 11.0 Å². The van der Waals surface area contributed by atoms with E-state index in [4.69, 9.17) is 5.11 Å². The number of aliphatic hydroxyl groups excluding tert-OH is 1. The van der Waals surface area contributed by atoms with Gasteiger partial charge in [0.1, 0.15) is 12.4 Å². The van der Waals surface area contributed by atoms with E-state index >= 15 is 0 Å². The van der Waals surface area contributed by atoms with Crippen LogP contribution in [-0.4, -0.2) is 30.1 Å². The number of aliphatic hydroxyl groups is 1. The van der Waals surface area contributed by atoms with Gasteiger partial charge in [0.25, 0.3) is 11.8 Å². The lowest BCUT2D eigenvalue weighted by molar-refractivity contribution is -0.0462. The minimum Gasteiger partial charge on any atom is -0.390 e. The van der Waals surface area contributed by atoms with Crippen LogP contribution in [0.1, 0.15) is 10.4 Å². The Morgan fingerprint density at radius 3 is 2.65 bits per heavy atom. The van der Waals surface area contributed by atoms with Gasteiger partial charge in [-0.2, -0.15) is 0 Å². The number of carbonyl (C=O) groups is 1. The highest BCUT2D eigenvalue weighted by atomic mass is 79.9. The second-order valence-corrected chi connectivity index (χ2v) is 4.18. The molecule has 3 nitrogen and oxygen atoms in total. The van der Waals surface area contributed by atoms with Crippen molar-refractivity contribution in [1.82, 2.24) is 5.32 Å². The van der Waals surface area contributed by atoms with Gasteiger partial charge in [-0.3, -0.25) is 4.79 Å². The van der Waals surface area contributed by atoms with Crippen molar-refractivity contribution in [3.63, 3.8) is 0 Å². The summed E-state index contributed by atoms with van der Waals surface area (Å²) in [4.78, 5) is 11.4. The molecule has 0 aromatic heterocycles. The highest BCUT2D eigenvalue weighted by Gasteiger charge is 2.28. The van der Waals surface area contributed by atoms with E-state index in [-0.39, 0.29) is 10.0 Å². The van der Waals surface area contributed by atoms with Crippen LogP contribution in [0.3, 0.4) is 0 Å². The average Bonchev–Trinajstić information content (AvgIpc) is 2.30. The smallest absolute Gasteiger partial charge is 0.287 e. The molecule has 94 valence electrons.